The first-order valence-corrected chi connectivity index (χ1v) is 2.90. The van der Waals surface area contributed by atoms with E-state index in [1.165, 1.54) is 0 Å². The van der Waals surface area contributed by atoms with E-state index in [0.29, 0.717) is 5.69 Å². The summed E-state index contributed by atoms with van der Waals surface area (Å²) in [7, 11) is 1.81. The van der Waals surface area contributed by atoms with Gasteiger partial charge in [-0.15, -0.1) is 0 Å². The molecule has 0 aliphatic carbocycles. The second kappa shape index (κ2) is 2.83. The SMILES string of the molecule is CNc1ccc(C#N)nc1. The average molecular weight is 133 g/mol. The largest absolute Gasteiger partial charge is 0.387 e. The van der Waals surface area contributed by atoms with Crippen LogP contribution in [0.3, 0.4) is 0 Å². The molecule has 1 aromatic heterocycles. The summed E-state index contributed by atoms with van der Waals surface area (Å²) in [5.74, 6) is 0. The summed E-state index contributed by atoms with van der Waals surface area (Å²) < 4.78 is 0. The molecule has 0 amide bonds. The molecule has 3 nitrogen and oxygen atoms in total. The minimum Gasteiger partial charge on any atom is -0.387 e. The van der Waals surface area contributed by atoms with E-state index in [-0.39, 0.29) is 0 Å². The Hall–Kier alpha value is -1.56. The lowest BCUT2D eigenvalue weighted by Crippen LogP contribution is -1.89. The van der Waals surface area contributed by atoms with E-state index in [1.54, 1.807) is 12.3 Å². The summed E-state index contributed by atoms with van der Waals surface area (Å²) in [5.41, 5.74) is 1.36. The first-order valence-electron chi connectivity index (χ1n) is 2.90. The predicted molar refractivity (Wildman–Crippen MR) is 38.5 cm³/mol. The Morgan fingerprint density at radius 3 is 2.80 bits per heavy atom. The van der Waals surface area contributed by atoms with Gasteiger partial charge >= 0.3 is 0 Å². The minimum atomic E-state index is 0.444. The van der Waals surface area contributed by atoms with E-state index in [9.17, 15) is 0 Å². The molecule has 0 unspecified atom stereocenters. The van der Waals surface area contributed by atoms with Crippen LogP contribution in [0.4, 0.5) is 5.69 Å². The molecular formula is C7H7N3. The number of pyridine rings is 1. The molecule has 1 aromatic rings. The van der Waals surface area contributed by atoms with Crippen LogP contribution >= 0.6 is 0 Å². The van der Waals surface area contributed by atoms with Crippen LogP contribution in [0.25, 0.3) is 0 Å². The molecule has 0 aromatic carbocycles. The summed E-state index contributed by atoms with van der Waals surface area (Å²) >= 11 is 0. The van der Waals surface area contributed by atoms with E-state index in [1.807, 2.05) is 19.2 Å². The molecule has 0 spiro atoms. The van der Waals surface area contributed by atoms with Crippen molar-refractivity contribution >= 4 is 5.69 Å². The highest BCUT2D eigenvalue weighted by Crippen LogP contribution is 2.02. The second-order valence-electron chi connectivity index (χ2n) is 1.79. The third-order valence-electron chi connectivity index (χ3n) is 1.17. The van der Waals surface area contributed by atoms with Crippen molar-refractivity contribution in [3.63, 3.8) is 0 Å². The Morgan fingerprint density at radius 1 is 1.60 bits per heavy atom. The topological polar surface area (TPSA) is 48.7 Å². The Morgan fingerprint density at radius 2 is 2.40 bits per heavy atom. The normalized spacial score (nSPS) is 8.40. The Labute approximate surface area is 59.3 Å². The lowest BCUT2D eigenvalue weighted by molar-refractivity contribution is 1.25. The van der Waals surface area contributed by atoms with Gasteiger partial charge in [-0.05, 0) is 12.1 Å². The fraction of sp³-hybridized carbons (Fsp3) is 0.143. The molecule has 10 heavy (non-hydrogen) atoms. The monoisotopic (exact) mass is 133 g/mol. The van der Waals surface area contributed by atoms with Crippen molar-refractivity contribution in [2.24, 2.45) is 0 Å². The number of nitrogens with one attached hydrogen (secondary N) is 1. The maximum atomic E-state index is 8.37. The Balaban J connectivity index is 2.93. The highest BCUT2D eigenvalue weighted by Gasteiger charge is 1.89. The van der Waals surface area contributed by atoms with Gasteiger partial charge in [-0.25, -0.2) is 4.98 Å². The quantitative estimate of drug-likeness (QED) is 0.621. The number of aromatic nitrogens is 1. The van der Waals surface area contributed by atoms with Crippen molar-refractivity contribution in [3.8, 4) is 6.07 Å². The number of nitriles is 1. The van der Waals surface area contributed by atoms with Gasteiger partial charge in [0.25, 0.3) is 0 Å². The highest BCUT2D eigenvalue weighted by atomic mass is 14.8. The van der Waals surface area contributed by atoms with Gasteiger partial charge in [0.2, 0.25) is 0 Å². The van der Waals surface area contributed by atoms with Gasteiger partial charge in [0.1, 0.15) is 11.8 Å². The van der Waals surface area contributed by atoms with E-state index in [4.69, 9.17) is 5.26 Å². The molecule has 0 saturated heterocycles. The molecule has 3 heteroatoms. The van der Waals surface area contributed by atoms with Crippen LogP contribution in [0, 0.1) is 11.3 Å². The molecule has 1 rings (SSSR count). The fourth-order valence-corrected chi connectivity index (χ4v) is 0.608. The molecule has 1 N–H and O–H groups in total. The third kappa shape index (κ3) is 1.23. The zero-order chi connectivity index (χ0) is 7.40. The molecule has 0 aliphatic rings. The van der Waals surface area contributed by atoms with Gasteiger partial charge in [-0.3, -0.25) is 0 Å². The van der Waals surface area contributed by atoms with Crippen LogP contribution in [-0.2, 0) is 0 Å². The highest BCUT2D eigenvalue weighted by molar-refractivity contribution is 5.41. The number of rotatable bonds is 1. The van der Waals surface area contributed by atoms with Gasteiger partial charge in [-0.2, -0.15) is 5.26 Å². The summed E-state index contributed by atoms with van der Waals surface area (Å²) in [4.78, 5) is 3.84. The molecule has 0 bridgehead atoms. The number of nitrogens with zero attached hydrogens (tertiary/aromatic N) is 2. The first kappa shape index (κ1) is 6.56. The summed E-state index contributed by atoms with van der Waals surface area (Å²) in [5, 5.41) is 11.3. The molecule has 0 aliphatic heterocycles. The minimum absolute atomic E-state index is 0.444. The van der Waals surface area contributed by atoms with Crippen LogP contribution < -0.4 is 5.32 Å². The van der Waals surface area contributed by atoms with Crippen LogP contribution in [-0.4, -0.2) is 12.0 Å². The zero-order valence-corrected chi connectivity index (χ0v) is 5.63. The number of anilines is 1. The summed E-state index contributed by atoms with van der Waals surface area (Å²) in [6.07, 6.45) is 1.62. The van der Waals surface area contributed by atoms with Gasteiger partial charge < -0.3 is 5.32 Å². The van der Waals surface area contributed by atoms with Gasteiger partial charge in [0, 0.05) is 7.05 Å². The van der Waals surface area contributed by atoms with Gasteiger partial charge in [0.05, 0.1) is 11.9 Å². The molecular weight excluding hydrogens is 126 g/mol. The van der Waals surface area contributed by atoms with E-state index in [0.717, 1.165) is 5.69 Å². The first-order chi connectivity index (χ1) is 4.86. The smallest absolute Gasteiger partial charge is 0.140 e. The Kier molecular flexibility index (Phi) is 1.86. The van der Waals surface area contributed by atoms with Crippen LogP contribution in [0.1, 0.15) is 5.69 Å². The molecule has 0 radical (unpaired) electrons. The van der Waals surface area contributed by atoms with Crippen molar-refractivity contribution in [1.29, 1.82) is 5.26 Å². The van der Waals surface area contributed by atoms with E-state index >= 15 is 0 Å². The van der Waals surface area contributed by atoms with Crippen LogP contribution in [0.2, 0.25) is 0 Å². The second-order valence-corrected chi connectivity index (χ2v) is 1.79. The maximum Gasteiger partial charge on any atom is 0.140 e. The summed E-state index contributed by atoms with van der Waals surface area (Å²) in [6.45, 7) is 0. The average Bonchev–Trinajstić information content (AvgIpc) is 2.05. The van der Waals surface area contributed by atoms with E-state index < -0.39 is 0 Å². The Bertz CT molecular complexity index is 245. The van der Waals surface area contributed by atoms with Crippen LogP contribution in [0.15, 0.2) is 18.3 Å². The lowest BCUT2D eigenvalue weighted by atomic mass is 10.3. The standard InChI is InChI=1S/C7H7N3/c1-9-7-3-2-6(4-8)10-5-7/h2-3,5,9H,1H3. The van der Waals surface area contributed by atoms with Crippen molar-refractivity contribution in [2.75, 3.05) is 12.4 Å². The van der Waals surface area contributed by atoms with Crippen molar-refractivity contribution in [1.82, 2.24) is 4.98 Å². The van der Waals surface area contributed by atoms with Crippen molar-refractivity contribution in [3.05, 3.63) is 24.0 Å². The van der Waals surface area contributed by atoms with E-state index in [2.05, 4.69) is 10.3 Å². The van der Waals surface area contributed by atoms with Gasteiger partial charge in [0.15, 0.2) is 0 Å². The molecule has 50 valence electrons. The van der Waals surface area contributed by atoms with Crippen LogP contribution in [0.5, 0.6) is 0 Å². The molecule has 0 atom stereocenters. The van der Waals surface area contributed by atoms with Crippen molar-refractivity contribution < 1.29 is 0 Å². The van der Waals surface area contributed by atoms with Crippen molar-refractivity contribution in [2.45, 2.75) is 0 Å². The third-order valence-corrected chi connectivity index (χ3v) is 1.17. The summed E-state index contributed by atoms with van der Waals surface area (Å²) in [6, 6.07) is 5.42. The number of hydrogen-bond donors (Lipinski definition) is 1. The molecule has 1 heterocycles. The molecule has 0 fully saturated rings. The zero-order valence-electron chi connectivity index (χ0n) is 5.63. The maximum absolute atomic E-state index is 8.37. The molecule has 0 saturated carbocycles. The fourth-order valence-electron chi connectivity index (χ4n) is 0.608. The van der Waals surface area contributed by atoms with Gasteiger partial charge in [-0.1, -0.05) is 0 Å². The lowest BCUT2D eigenvalue weighted by Gasteiger charge is -1.95. The predicted octanol–water partition coefficient (Wildman–Crippen LogP) is 0.995. The number of hydrogen-bond acceptors (Lipinski definition) is 3.